The number of anilines is 1. The van der Waals surface area contributed by atoms with Gasteiger partial charge < -0.3 is 10.1 Å². The van der Waals surface area contributed by atoms with Gasteiger partial charge in [-0.3, -0.25) is 0 Å². The third kappa shape index (κ3) is 3.63. The van der Waals surface area contributed by atoms with E-state index in [1.54, 1.807) is 14.0 Å². The van der Waals surface area contributed by atoms with Crippen LogP contribution in [0, 0.1) is 18.2 Å². The molecular formula is C22H19F3N4O. The van der Waals surface area contributed by atoms with E-state index in [9.17, 15) is 13.2 Å². The van der Waals surface area contributed by atoms with Gasteiger partial charge in [-0.1, -0.05) is 18.2 Å². The van der Waals surface area contributed by atoms with Crippen molar-refractivity contribution in [1.82, 2.24) is 15.0 Å². The first-order valence-corrected chi connectivity index (χ1v) is 9.49. The highest BCUT2D eigenvalue weighted by Crippen LogP contribution is 2.45. The Balaban J connectivity index is 1.79. The van der Waals surface area contributed by atoms with E-state index < -0.39 is 23.8 Å². The van der Waals surface area contributed by atoms with E-state index in [-0.39, 0.29) is 11.4 Å². The highest BCUT2D eigenvalue weighted by Gasteiger charge is 2.29. The number of fused-ring (bicyclic) bond motifs is 1. The molecule has 0 saturated heterocycles. The Morgan fingerprint density at radius 3 is 2.57 bits per heavy atom. The number of hydrogen-bond acceptors (Lipinski definition) is 5. The van der Waals surface area contributed by atoms with Crippen molar-refractivity contribution in [2.45, 2.75) is 38.2 Å². The van der Waals surface area contributed by atoms with Gasteiger partial charge in [0.25, 0.3) is 6.43 Å². The Morgan fingerprint density at radius 1 is 1.20 bits per heavy atom. The van der Waals surface area contributed by atoms with Crippen LogP contribution in [0.15, 0.2) is 24.3 Å². The molecule has 3 aromatic rings. The number of benzene rings is 1. The molecule has 1 aromatic carbocycles. The molecule has 1 aliphatic rings. The number of methoxy groups -OCH3 is 1. The number of halogens is 3. The van der Waals surface area contributed by atoms with E-state index in [0.29, 0.717) is 28.6 Å². The molecule has 0 radical (unpaired) electrons. The summed E-state index contributed by atoms with van der Waals surface area (Å²) in [5.41, 5.74) is 0.755. The zero-order valence-corrected chi connectivity index (χ0v) is 16.4. The van der Waals surface area contributed by atoms with E-state index in [2.05, 4.69) is 26.2 Å². The second-order valence-electron chi connectivity index (χ2n) is 7.19. The minimum atomic E-state index is -2.90. The maximum absolute atomic E-state index is 14.6. The molecule has 0 bridgehead atoms. The number of rotatable bonds is 6. The lowest BCUT2D eigenvalue weighted by Gasteiger charge is -2.19. The number of terminal acetylenes is 1. The van der Waals surface area contributed by atoms with E-state index in [0.717, 1.165) is 24.5 Å². The highest BCUT2D eigenvalue weighted by atomic mass is 19.3. The summed E-state index contributed by atoms with van der Waals surface area (Å²) in [6, 6.07) is 5.19. The van der Waals surface area contributed by atoms with Gasteiger partial charge in [-0.25, -0.2) is 23.1 Å². The van der Waals surface area contributed by atoms with Crippen molar-refractivity contribution in [2.24, 2.45) is 0 Å². The lowest BCUT2D eigenvalue weighted by Crippen LogP contribution is -2.13. The van der Waals surface area contributed by atoms with Crippen molar-refractivity contribution in [3.05, 3.63) is 52.6 Å². The molecule has 1 aliphatic carbocycles. The molecule has 154 valence electrons. The fourth-order valence-corrected chi connectivity index (χ4v) is 3.43. The SMILES string of the molecule is C#Cc1nc(N[C@H](C)c2cccc(C(F)F)c2F)c2cc(C3CC3)c(OC)nc2n1. The molecule has 8 heteroatoms. The minimum absolute atomic E-state index is 0.103. The summed E-state index contributed by atoms with van der Waals surface area (Å²) in [7, 11) is 1.54. The van der Waals surface area contributed by atoms with Crippen molar-refractivity contribution in [1.29, 1.82) is 0 Å². The van der Waals surface area contributed by atoms with Gasteiger partial charge in [-0.15, -0.1) is 6.42 Å². The first-order chi connectivity index (χ1) is 14.4. The third-order valence-corrected chi connectivity index (χ3v) is 5.13. The number of pyridine rings is 1. The van der Waals surface area contributed by atoms with Gasteiger partial charge in [0.05, 0.1) is 24.1 Å². The second-order valence-corrected chi connectivity index (χ2v) is 7.19. The standard InChI is InChI=1S/C22H19F3N4O/c1-4-17-27-20(26-11(2)13-6-5-7-14(18(13)23)19(24)25)16-10-15(12-8-9-12)22(30-3)29-21(16)28-17/h1,5-7,10-12,19H,8-9H2,2-3H3,(H,26,27,28,29)/t11-/m1/s1. The van der Waals surface area contributed by atoms with Crippen molar-refractivity contribution < 1.29 is 17.9 Å². The van der Waals surface area contributed by atoms with Gasteiger partial charge in [-0.2, -0.15) is 4.98 Å². The van der Waals surface area contributed by atoms with Gasteiger partial charge in [0.2, 0.25) is 11.7 Å². The maximum Gasteiger partial charge on any atom is 0.266 e. The summed E-state index contributed by atoms with van der Waals surface area (Å²) >= 11 is 0. The predicted molar refractivity (Wildman–Crippen MR) is 107 cm³/mol. The molecule has 1 fully saturated rings. The number of alkyl halides is 2. The van der Waals surface area contributed by atoms with Crippen LogP contribution in [0.25, 0.3) is 11.0 Å². The molecule has 1 N–H and O–H groups in total. The van der Waals surface area contributed by atoms with Gasteiger partial charge >= 0.3 is 0 Å². The molecule has 0 amide bonds. The zero-order chi connectivity index (χ0) is 21.4. The normalized spacial score (nSPS) is 14.6. The summed E-state index contributed by atoms with van der Waals surface area (Å²) in [5, 5.41) is 3.70. The van der Waals surface area contributed by atoms with Gasteiger partial charge in [0, 0.05) is 11.1 Å². The monoisotopic (exact) mass is 412 g/mol. The largest absolute Gasteiger partial charge is 0.481 e. The van der Waals surface area contributed by atoms with Crippen LogP contribution in [0.4, 0.5) is 19.0 Å². The molecule has 0 unspecified atom stereocenters. The lowest BCUT2D eigenvalue weighted by atomic mass is 10.0. The van der Waals surface area contributed by atoms with Gasteiger partial charge in [0.15, 0.2) is 5.65 Å². The lowest BCUT2D eigenvalue weighted by molar-refractivity contribution is 0.146. The van der Waals surface area contributed by atoms with Crippen LogP contribution in [0.2, 0.25) is 0 Å². The first-order valence-electron chi connectivity index (χ1n) is 9.49. The van der Waals surface area contributed by atoms with Crippen molar-refractivity contribution in [3.8, 4) is 18.2 Å². The van der Waals surface area contributed by atoms with Crippen LogP contribution in [-0.2, 0) is 0 Å². The molecule has 0 spiro atoms. The zero-order valence-electron chi connectivity index (χ0n) is 16.4. The molecule has 0 aliphatic heterocycles. The smallest absolute Gasteiger partial charge is 0.266 e. The number of ether oxygens (including phenoxy) is 1. The van der Waals surface area contributed by atoms with Gasteiger partial charge in [-0.05, 0) is 37.7 Å². The summed E-state index contributed by atoms with van der Waals surface area (Å²) in [6.45, 7) is 1.66. The Morgan fingerprint density at radius 2 is 1.93 bits per heavy atom. The quantitative estimate of drug-likeness (QED) is 0.568. The number of nitrogens with zero attached hydrogens (tertiary/aromatic N) is 3. The molecule has 1 atom stereocenters. The van der Waals surface area contributed by atoms with E-state index in [1.807, 2.05) is 6.07 Å². The van der Waals surface area contributed by atoms with Crippen LogP contribution >= 0.6 is 0 Å². The van der Waals surface area contributed by atoms with E-state index in [1.165, 1.54) is 12.1 Å². The van der Waals surface area contributed by atoms with E-state index >= 15 is 0 Å². The number of aromatic nitrogens is 3. The molecule has 30 heavy (non-hydrogen) atoms. The summed E-state index contributed by atoms with van der Waals surface area (Å²) < 4.78 is 46.2. The average Bonchev–Trinajstić information content (AvgIpc) is 3.57. The highest BCUT2D eigenvalue weighted by molar-refractivity contribution is 5.88. The Bertz CT molecular complexity index is 1160. The molecule has 5 nitrogen and oxygen atoms in total. The van der Waals surface area contributed by atoms with Gasteiger partial charge in [0.1, 0.15) is 11.6 Å². The molecule has 1 saturated carbocycles. The fraction of sp³-hybridized carbons (Fsp3) is 0.318. The molecular weight excluding hydrogens is 393 g/mol. The van der Waals surface area contributed by atoms with Crippen molar-refractivity contribution in [2.75, 3.05) is 12.4 Å². The number of hydrogen-bond donors (Lipinski definition) is 1. The second kappa shape index (κ2) is 7.82. The molecule has 4 rings (SSSR count). The Labute approximate surface area is 171 Å². The minimum Gasteiger partial charge on any atom is -0.481 e. The molecule has 2 aromatic heterocycles. The van der Waals surface area contributed by atoms with Crippen LogP contribution in [0.5, 0.6) is 5.88 Å². The van der Waals surface area contributed by atoms with Crippen LogP contribution in [-0.4, -0.2) is 22.1 Å². The predicted octanol–water partition coefficient (Wildman–Crippen LogP) is 5.14. The summed E-state index contributed by atoms with van der Waals surface area (Å²) in [5.74, 6) is 2.74. The van der Waals surface area contributed by atoms with E-state index in [4.69, 9.17) is 11.2 Å². The fourth-order valence-electron chi connectivity index (χ4n) is 3.43. The van der Waals surface area contributed by atoms with Crippen molar-refractivity contribution >= 4 is 16.9 Å². The summed E-state index contributed by atoms with van der Waals surface area (Å²) in [4.78, 5) is 13.1. The Kier molecular flexibility index (Phi) is 5.20. The maximum atomic E-state index is 14.6. The summed E-state index contributed by atoms with van der Waals surface area (Å²) in [6.07, 6.45) is 4.66. The van der Waals surface area contributed by atoms with Crippen LogP contribution in [0.1, 0.15) is 60.7 Å². The third-order valence-electron chi connectivity index (χ3n) is 5.13. The number of nitrogens with one attached hydrogen (secondary N) is 1. The van der Waals surface area contributed by atoms with Crippen LogP contribution in [0.3, 0.4) is 0 Å². The molecule has 2 heterocycles. The average molecular weight is 412 g/mol. The van der Waals surface area contributed by atoms with Crippen molar-refractivity contribution in [3.63, 3.8) is 0 Å². The Hall–Kier alpha value is -3.34. The first kappa shape index (κ1) is 20.0. The van der Waals surface area contributed by atoms with Crippen LogP contribution < -0.4 is 10.1 Å². The topological polar surface area (TPSA) is 59.9 Å².